The summed E-state index contributed by atoms with van der Waals surface area (Å²) >= 11 is 0. The maximum atomic E-state index is 12.2. The van der Waals surface area contributed by atoms with Gasteiger partial charge in [-0.05, 0) is 48.5 Å². The average molecular weight is 391 g/mol. The van der Waals surface area contributed by atoms with Crippen molar-refractivity contribution in [3.63, 3.8) is 0 Å². The first-order valence-corrected chi connectivity index (χ1v) is 8.85. The van der Waals surface area contributed by atoms with E-state index in [9.17, 15) is 9.59 Å². The summed E-state index contributed by atoms with van der Waals surface area (Å²) < 4.78 is 10.3. The number of ether oxygens (including phenoxy) is 2. The van der Waals surface area contributed by atoms with Crippen LogP contribution in [0.15, 0.2) is 72.8 Å². The molecule has 0 aliphatic rings. The molecule has 7 nitrogen and oxygen atoms in total. The van der Waals surface area contributed by atoms with E-state index in [0.29, 0.717) is 22.9 Å². The molecule has 0 aliphatic carbocycles. The van der Waals surface area contributed by atoms with E-state index in [1.54, 1.807) is 30.3 Å². The fourth-order valence-electron chi connectivity index (χ4n) is 2.59. The summed E-state index contributed by atoms with van der Waals surface area (Å²) in [7, 11) is 3.00. The fourth-order valence-corrected chi connectivity index (χ4v) is 2.59. The van der Waals surface area contributed by atoms with Crippen molar-refractivity contribution in [1.82, 2.24) is 0 Å². The van der Waals surface area contributed by atoms with Crippen LogP contribution in [0.25, 0.3) is 0 Å². The van der Waals surface area contributed by atoms with E-state index in [4.69, 9.17) is 9.47 Å². The van der Waals surface area contributed by atoms with Crippen LogP contribution in [0.4, 0.5) is 22.7 Å². The molecule has 0 radical (unpaired) electrons. The zero-order valence-corrected chi connectivity index (χ0v) is 16.1. The van der Waals surface area contributed by atoms with Crippen LogP contribution in [-0.4, -0.2) is 26.0 Å². The number of methoxy groups -OCH3 is 2. The highest BCUT2D eigenvalue weighted by molar-refractivity contribution is 6.43. The van der Waals surface area contributed by atoms with Crippen LogP contribution < -0.4 is 25.4 Å². The van der Waals surface area contributed by atoms with Gasteiger partial charge in [0.1, 0.15) is 11.5 Å². The smallest absolute Gasteiger partial charge is 0.314 e. The van der Waals surface area contributed by atoms with Gasteiger partial charge in [0.05, 0.1) is 19.9 Å². The molecule has 0 bridgehead atoms. The van der Waals surface area contributed by atoms with E-state index in [1.807, 2.05) is 42.5 Å². The lowest BCUT2D eigenvalue weighted by molar-refractivity contribution is -0.133. The van der Waals surface area contributed by atoms with Crippen molar-refractivity contribution in [2.75, 3.05) is 30.2 Å². The second kappa shape index (κ2) is 9.27. The molecule has 0 atom stereocenters. The minimum absolute atomic E-state index is 0.371. The van der Waals surface area contributed by atoms with Crippen molar-refractivity contribution < 1.29 is 19.1 Å². The minimum atomic E-state index is -0.806. The van der Waals surface area contributed by atoms with Crippen molar-refractivity contribution in [3.8, 4) is 11.5 Å². The number of anilines is 4. The quantitative estimate of drug-likeness (QED) is 0.552. The molecule has 29 heavy (non-hydrogen) atoms. The predicted molar refractivity (Wildman–Crippen MR) is 113 cm³/mol. The van der Waals surface area contributed by atoms with Gasteiger partial charge in [-0.25, -0.2) is 0 Å². The van der Waals surface area contributed by atoms with E-state index >= 15 is 0 Å². The third-order valence-electron chi connectivity index (χ3n) is 4.07. The molecule has 0 saturated carbocycles. The Bertz CT molecular complexity index is 989. The first-order valence-electron chi connectivity index (χ1n) is 8.85. The van der Waals surface area contributed by atoms with Crippen LogP contribution in [0.3, 0.4) is 0 Å². The molecule has 3 aromatic rings. The van der Waals surface area contributed by atoms with Gasteiger partial charge in [-0.3, -0.25) is 9.59 Å². The van der Waals surface area contributed by atoms with Gasteiger partial charge in [-0.2, -0.15) is 0 Å². The Balaban J connectivity index is 1.60. The molecule has 3 aromatic carbocycles. The Labute approximate surface area is 168 Å². The van der Waals surface area contributed by atoms with Gasteiger partial charge in [0.15, 0.2) is 0 Å². The third kappa shape index (κ3) is 5.26. The largest absolute Gasteiger partial charge is 0.497 e. The number of amides is 2. The summed E-state index contributed by atoms with van der Waals surface area (Å²) in [5, 5.41) is 8.35. The third-order valence-corrected chi connectivity index (χ3v) is 4.07. The number of rotatable bonds is 6. The fraction of sp³-hybridized carbons (Fsp3) is 0.0909. The van der Waals surface area contributed by atoms with Gasteiger partial charge in [-0.1, -0.05) is 18.2 Å². The monoisotopic (exact) mass is 391 g/mol. The van der Waals surface area contributed by atoms with Gasteiger partial charge in [0.2, 0.25) is 0 Å². The number of carbonyl (C=O) groups excluding carboxylic acids is 2. The van der Waals surface area contributed by atoms with Crippen LogP contribution >= 0.6 is 0 Å². The summed E-state index contributed by atoms with van der Waals surface area (Å²) in [5.41, 5.74) is 2.69. The van der Waals surface area contributed by atoms with Crippen LogP contribution in [-0.2, 0) is 9.59 Å². The molecule has 0 spiro atoms. The summed E-state index contributed by atoms with van der Waals surface area (Å²) in [6.45, 7) is 0. The normalized spacial score (nSPS) is 10.0. The first-order chi connectivity index (χ1) is 14.1. The average Bonchev–Trinajstić information content (AvgIpc) is 2.76. The molecular weight excluding hydrogens is 370 g/mol. The van der Waals surface area contributed by atoms with Crippen molar-refractivity contribution in [2.45, 2.75) is 0 Å². The molecule has 0 saturated heterocycles. The zero-order valence-electron chi connectivity index (χ0n) is 16.1. The van der Waals surface area contributed by atoms with Crippen molar-refractivity contribution >= 4 is 34.6 Å². The van der Waals surface area contributed by atoms with Crippen LogP contribution in [0.2, 0.25) is 0 Å². The molecule has 0 unspecified atom stereocenters. The Morgan fingerprint density at radius 3 is 1.97 bits per heavy atom. The number of benzene rings is 3. The van der Waals surface area contributed by atoms with Crippen LogP contribution in [0, 0.1) is 0 Å². The highest BCUT2D eigenvalue weighted by Crippen LogP contribution is 2.29. The van der Waals surface area contributed by atoms with Crippen LogP contribution in [0.5, 0.6) is 11.5 Å². The standard InChI is InChI=1S/C22H21N3O4/c1-28-18-12-13-19(20(14-18)29-2)25-22(27)21(26)24-17-10-8-16(9-11-17)23-15-6-4-3-5-7-15/h3-14,23H,1-2H3,(H,24,26)(H,25,27). The molecule has 0 aromatic heterocycles. The number of nitrogens with one attached hydrogen (secondary N) is 3. The molecule has 2 amide bonds. The molecule has 0 fully saturated rings. The number of carbonyl (C=O) groups is 2. The Kier molecular flexibility index (Phi) is 6.32. The summed E-state index contributed by atoms with van der Waals surface area (Å²) in [5.74, 6) is -0.623. The lowest BCUT2D eigenvalue weighted by Crippen LogP contribution is -2.29. The van der Waals surface area contributed by atoms with Crippen molar-refractivity contribution in [1.29, 1.82) is 0 Å². The Hall–Kier alpha value is -4.00. The predicted octanol–water partition coefficient (Wildman–Crippen LogP) is 4.02. The maximum Gasteiger partial charge on any atom is 0.314 e. The second-order valence-corrected chi connectivity index (χ2v) is 6.04. The SMILES string of the molecule is COc1ccc(NC(=O)C(=O)Nc2ccc(Nc3ccccc3)cc2)c(OC)c1. The Morgan fingerprint density at radius 2 is 1.31 bits per heavy atom. The summed E-state index contributed by atoms with van der Waals surface area (Å²) in [4.78, 5) is 24.4. The highest BCUT2D eigenvalue weighted by Gasteiger charge is 2.16. The van der Waals surface area contributed by atoms with E-state index in [1.165, 1.54) is 14.2 Å². The van der Waals surface area contributed by atoms with Gasteiger partial charge in [-0.15, -0.1) is 0 Å². The van der Waals surface area contributed by atoms with E-state index in [0.717, 1.165) is 11.4 Å². The van der Waals surface area contributed by atoms with Crippen molar-refractivity contribution in [3.05, 3.63) is 72.8 Å². The van der Waals surface area contributed by atoms with Crippen molar-refractivity contribution in [2.24, 2.45) is 0 Å². The second-order valence-electron chi connectivity index (χ2n) is 6.04. The minimum Gasteiger partial charge on any atom is -0.497 e. The van der Waals surface area contributed by atoms with E-state index in [2.05, 4.69) is 16.0 Å². The zero-order chi connectivity index (χ0) is 20.6. The molecule has 3 N–H and O–H groups in total. The highest BCUT2D eigenvalue weighted by atomic mass is 16.5. The number of hydrogen-bond acceptors (Lipinski definition) is 5. The van der Waals surface area contributed by atoms with E-state index < -0.39 is 11.8 Å². The van der Waals surface area contributed by atoms with Gasteiger partial charge in [0.25, 0.3) is 0 Å². The summed E-state index contributed by atoms with van der Waals surface area (Å²) in [6.07, 6.45) is 0. The lowest BCUT2D eigenvalue weighted by Gasteiger charge is -2.12. The topological polar surface area (TPSA) is 88.7 Å². The van der Waals surface area contributed by atoms with Gasteiger partial charge >= 0.3 is 11.8 Å². The molecule has 0 heterocycles. The maximum absolute atomic E-state index is 12.2. The molecule has 7 heteroatoms. The van der Waals surface area contributed by atoms with Gasteiger partial charge < -0.3 is 25.4 Å². The number of hydrogen-bond donors (Lipinski definition) is 3. The Morgan fingerprint density at radius 1 is 0.690 bits per heavy atom. The van der Waals surface area contributed by atoms with Crippen LogP contribution in [0.1, 0.15) is 0 Å². The molecule has 3 rings (SSSR count). The van der Waals surface area contributed by atoms with Gasteiger partial charge in [0, 0.05) is 23.1 Å². The van der Waals surface area contributed by atoms with E-state index in [-0.39, 0.29) is 0 Å². The molecule has 0 aliphatic heterocycles. The molecule has 148 valence electrons. The molecular formula is C22H21N3O4. The summed E-state index contributed by atoms with van der Waals surface area (Å²) in [6, 6.07) is 21.7. The number of para-hydroxylation sites is 1. The lowest BCUT2D eigenvalue weighted by atomic mass is 10.2. The first kappa shape index (κ1) is 19.8.